The number of phenols is 1. The first-order chi connectivity index (χ1) is 10.5. The van der Waals surface area contributed by atoms with E-state index in [1.165, 1.54) is 30.4 Å². The van der Waals surface area contributed by atoms with Crippen LogP contribution in [0.4, 0.5) is 0 Å². The minimum atomic E-state index is -0.0973. The first-order valence-electron chi connectivity index (χ1n) is 9.03. The van der Waals surface area contributed by atoms with Crippen molar-refractivity contribution < 1.29 is 10.2 Å². The van der Waals surface area contributed by atoms with E-state index in [1.807, 2.05) is 12.1 Å². The molecule has 1 aromatic carbocycles. The fourth-order valence-corrected chi connectivity index (χ4v) is 6.36. The van der Waals surface area contributed by atoms with Crippen LogP contribution in [0.25, 0.3) is 0 Å². The molecule has 0 radical (unpaired) electrons. The summed E-state index contributed by atoms with van der Waals surface area (Å²) < 4.78 is 0. The summed E-state index contributed by atoms with van der Waals surface area (Å²) in [6, 6.07) is 5.99. The number of fused-ring (bicyclic) bond motifs is 5. The molecule has 1 aromatic rings. The average molecular weight is 300 g/mol. The van der Waals surface area contributed by atoms with Crippen molar-refractivity contribution in [3.05, 3.63) is 29.3 Å². The van der Waals surface area contributed by atoms with Crippen LogP contribution >= 0.6 is 0 Å². The lowest BCUT2D eigenvalue weighted by atomic mass is 9.54. The fraction of sp³-hybridized carbons (Fsp3) is 0.700. The van der Waals surface area contributed by atoms with Crippen molar-refractivity contribution >= 4 is 0 Å². The predicted molar refractivity (Wildman–Crippen MR) is 87.9 cm³/mol. The highest BCUT2D eigenvalue weighted by molar-refractivity contribution is 5.40. The number of rotatable bonds is 1. The van der Waals surface area contributed by atoms with Gasteiger partial charge in [-0.2, -0.15) is 0 Å². The zero-order valence-electron chi connectivity index (χ0n) is 13.8. The van der Waals surface area contributed by atoms with E-state index in [4.69, 9.17) is 0 Å². The molecular formula is C20H28O2. The summed E-state index contributed by atoms with van der Waals surface area (Å²) in [5.74, 6) is 2.92. The molecule has 2 saturated carbocycles. The summed E-state index contributed by atoms with van der Waals surface area (Å²) in [6.45, 7) is 4.68. The van der Waals surface area contributed by atoms with Gasteiger partial charge in [-0.3, -0.25) is 0 Å². The van der Waals surface area contributed by atoms with Gasteiger partial charge in [0.25, 0.3) is 0 Å². The highest BCUT2D eigenvalue weighted by Crippen LogP contribution is 2.63. The van der Waals surface area contributed by atoms with Crippen molar-refractivity contribution in [1.82, 2.24) is 0 Å². The van der Waals surface area contributed by atoms with Crippen LogP contribution in [-0.4, -0.2) is 16.3 Å². The summed E-state index contributed by atoms with van der Waals surface area (Å²) >= 11 is 0. The molecule has 0 spiro atoms. The molecule has 2 N–H and O–H groups in total. The number of aliphatic hydroxyl groups is 1. The summed E-state index contributed by atoms with van der Waals surface area (Å²) in [6.07, 6.45) is 6.81. The number of aromatic hydroxyl groups is 1. The van der Waals surface area contributed by atoms with E-state index in [9.17, 15) is 10.2 Å². The maximum atomic E-state index is 10.6. The predicted octanol–water partition coefficient (Wildman–Crippen LogP) is 4.25. The zero-order chi connectivity index (χ0) is 15.5. The molecule has 22 heavy (non-hydrogen) atoms. The van der Waals surface area contributed by atoms with Gasteiger partial charge in [0.15, 0.2) is 0 Å². The van der Waals surface area contributed by atoms with Crippen LogP contribution in [0.1, 0.15) is 63.0 Å². The van der Waals surface area contributed by atoms with Gasteiger partial charge in [0, 0.05) is 0 Å². The number of aryl methyl sites for hydroxylation is 1. The van der Waals surface area contributed by atoms with E-state index in [0.717, 1.165) is 25.2 Å². The molecule has 2 fully saturated rings. The van der Waals surface area contributed by atoms with Crippen molar-refractivity contribution in [2.75, 3.05) is 0 Å². The second-order valence-electron chi connectivity index (χ2n) is 8.25. The second kappa shape index (κ2) is 4.99. The highest BCUT2D eigenvalue weighted by atomic mass is 16.3. The Bertz CT molecular complexity index is 581. The Morgan fingerprint density at radius 1 is 1.27 bits per heavy atom. The summed E-state index contributed by atoms with van der Waals surface area (Å²) in [7, 11) is 0. The Morgan fingerprint density at radius 2 is 2.09 bits per heavy atom. The first-order valence-corrected chi connectivity index (χ1v) is 9.03. The van der Waals surface area contributed by atoms with Gasteiger partial charge in [-0.15, -0.1) is 0 Å². The summed E-state index contributed by atoms with van der Waals surface area (Å²) in [5, 5.41) is 20.3. The van der Waals surface area contributed by atoms with Crippen LogP contribution in [0.2, 0.25) is 0 Å². The minimum Gasteiger partial charge on any atom is -0.508 e. The van der Waals surface area contributed by atoms with Gasteiger partial charge in [0.05, 0.1) is 6.10 Å². The van der Waals surface area contributed by atoms with Gasteiger partial charge >= 0.3 is 0 Å². The van der Waals surface area contributed by atoms with E-state index in [-0.39, 0.29) is 6.10 Å². The van der Waals surface area contributed by atoms with E-state index in [0.29, 0.717) is 28.9 Å². The topological polar surface area (TPSA) is 40.5 Å². The van der Waals surface area contributed by atoms with Crippen LogP contribution in [-0.2, 0) is 6.42 Å². The van der Waals surface area contributed by atoms with Crippen LogP contribution in [0.3, 0.4) is 0 Å². The van der Waals surface area contributed by atoms with Crippen LogP contribution in [0.5, 0.6) is 5.75 Å². The highest BCUT2D eigenvalue weighted by Gasteiger charge is 2.56. The van der Waals surface area contributed by atoms with Crippen molar-refractivity contribution in [3.63, 3.8) is 0 Å². The standard InChI is InChI=1S/C20H28O2/c1-3-14-18(22)11-20(2)9-8-16-15-7-5-13(21)10-12(15)4-6-17(16)19(14)20/h5,7,10,14,16-19,21-22H,3-4,6,8-9,11H2,1-2H3/t14-,16-,17-,18-,19+,20-/m1/s1. The van der Waals surface area contributed by atoms with Gasteiger partial charge in [-0.25, -0.2) is 0 Å². The molecule has 120 valence electrons. The third-order valence-corrected chi connectivity index (χ3v) is 7.18. The number of aliphatic hydroxyl groups excluding tert-OH is 1. The SMILES string of the molecule is CC[C@H]1[C@H]2[C@@H]3CCc4cc(O)ccc4[C@H]3CC[C@]2(C)C[C@H]1O. The molecular weight excluding hydrogens is 272 g/mol. The lowest BCUT2D eigenvalue weighted by molar-refractivity contribution is 0.0280. The Kier molecular flexibility index (Phi) is 3.30. The van der Waals surface area contributed by atoms with E-state index >= 15 is 0 Å². The number of hydrogen-bond acceptors (Lipinski definition) is 2. The molecule has 0 aliphatic heterocycles. The first kappa shape index (κ1) is 14.6. The molecule has 2 heteroatoms. The number of phenolic OH excluding ortho intramolecular Hbond substituents is 1. The molecule has 2 nitrogen and oxygen atoms in total. The van der Waals surface area contributed by atoms with Gasteiger partial charge in [0.2, 0.25) is 0 Å². The summed E-state index contributed by atoms with van der Waals surface area (Å²) in [4.78, 5) is 0. The Labute approximate surface area is 133 Å². The van der Waals surface area contributed by atoms with Crippen LogP contribution in [0, 0.1) is 23.2 Å². The van der Waals surface area contributed by atoms with E-state index in [1.54, 1.807) is 0 Å². The van der Waals surface area contributed by atoms with Gasteiger partial charge < -0.3 is 10.2 Å². The number of benzene rings is 1. The molecule has 0 heterocycles. The maximum absolute atomic E-state index is 10.6. The normalized spacial score (nSPS) is 43.3. The quantitative estimate of drug-likeness (QED) is 0.814. The second-order valence-corrected chi connectivity index (χ2v) is 8.25. The Balaban J connectivity index is 1.73. The van der Waals surface area contributed by atoms with Crippen molar-refractivity contribution in [2.45, 2.75) is 64.4 Å². The third kappa shape index (κ3) is 1.96. The van der Waals surface area contributed by atoms with Gasteiger partial charge in [-0.1, -0.05) is 26.3 Å². The van der Waals surface area contributed by atoms with Crippen molar-refractivity contribution in [2.24, 2.45) is 23.2 Å². The smallest absolute Gasteiger partial charge is 0.115 e. The molecule has 0 bridgehead atoms. The van der Waals surface area contributed by atoms with Gasteiger partial charge in [-0.05, 0) is 84.5 Å². The van der Waals surface area contributed by atoms with E-state index < -0.39 is 0 Å². The Hall–Kier alpha value is -1.02. The largest absolute Gasteiger partial charge is 0.508 e. The molecule has 0 saturated heterocycles. The lowest BCUT2D eigenvalue weighted by Crippen LogP contribution is -2.42. The average Bonchev–Trinajstić information content (AvgIpc) is 2.76. The van der Waals surface area contributed by atoms with Crippen molar-refractivity contribution in [3.8, 4) is 5.75 Å². The van der Waals surface area contributed by atoms with Gasteiger partial charge in [0.1, 0.15) is 5.75 Å². The third-order valence-electron chi connectivity index (χ3n) is 7.18. The molecule has 4 rings (SSSR count). The molecule has 0 aromatic heterocycles. The molecule has 3 aliphatic rings. The number of hydrogen-bond donors (Lipinski definition) is 2. The fourth-order valence-electron chi connectivity index (χ4n) is 6.36. The molecule has 0 amide bonds. The van der Waals surface area contributed by atoms with E-state index in [2.05, 4.69) is 19.9 Å². The summed E-state index contributed by atoms with van der Waals surface area (Å²) in [5.41, 5.74) is 3.18. The lowest BCUT2D eigenvalue weighted by Gasteiger charge is -2.50. The zero-order valence-corrected chi connectivity index (χ0v) is 13.8. The Morgan fingerprint density at radius 3 is 2.86 bits per heavy atom. The van der Waals surface area contributed by atoms with Crippen LogP contribution < -0.4 is 0 Å². The maximum Gasteiger partial charge on any atom is 0.115 e. The minimum absolute atomic E-state index is 0.0973. The molecule has 3 aliphatic carbocycles. The molecule has 6 atom stereocenters. The molecule has 0 unspecified atom stereocenters. The van der Waals surface area contributed by atoms with Crippen LogP contribution in [0.15, 0.2) is 18.2 Å². The van der Waals surface area contributed by atoms with Crippen molar-refractivity contribution in [1.29, 1.82) is 0 Å². The monoisotopic (exact) mass is 300 g/mol.